The molecule has 0 saturated carbocycles. The van der Waals surface area contributed by atoms with E-state index in [9.17, 15) is 14.5 Å². The highest BCUT2D eigenvalue weighted by molar-refractivity contribution is 9.10. The summed E-state index contributed by atoms with van der Waals surface area (Å²) in [7, 11) is 0. The predicted octanol–water partition coefficient (Wildman–Crippen LogP) is 3.53. The number of rotatable bonds is 5. The average molecular weight is 355 g/mol. The van der Waals surface area contributed by atoms with Crippen molar-refractivity contribution in [2.45, 2.75) is 13.2 Å². The maximum atomic E-state index is 13.9. The zero-order valence-electron chi connectivity index (χ0n) is 10.9. The fourth-order valence-corrected chi connectivity index (χ4v) is 2.23. The molecule has 0 radical (unpaired) electrons. The van der Waals surface area contributed by atoms with Crippen molar-refractivity contribution in [3.05, 3.63) is 67.9 Å². The van der Waals surface area contributed by atoms with Crippen molar-refractivity contribution in [1.29, 1.82) is 0 Å². The Morgan fingerprint density at radius 2 is 2.05 bits per heavy atom. The standard InChI is InChI=1S/C14H12BrFN2O3/c15-11-4-5-13(10(6-11)7-17)21-8-9-2-1-3-12(14(9)16)18(19)20/h1-6H,7-8,17H2. The van der Waals surface area contributed by atoms with Gasteiger partial charge in [-0.25, -0.2) is 0 Å². The monoisotopic (exact) mass is 354 g/mol. The zero-order valence-corrected chi connectivity index (χ0v) is 12.5. The molecule has 110 valence electrons. The minimum atomic E-state index is -0.881. The van der Waals surface area contributed by atoms with Crippen molar-refractivity contribution >= 4 is 21.6 Å². The lowest BCUT2D eigenvalue weighted by Crippen LogP contribution is -2.05. The Morgan fingerprint density at radius 1 is 1.29 bits per heavy atom. The highest BCUT2D eigenvalue weighted by Gasteiger charge is 2.17. The second-order valence-corrected chi connectivity index (χ2v) is 5.17. The number of ether oxygens (including phenoxy) is 1. The molecule has 2 rings (SSSR count). The van der Waals surface area contributed by atoms with Gasteiger partial charge in [-0.3, -0.25) is 10.1 Å². The fourth-order valence-electron chi connectivity index (χ4n) is 1.82. The summed E-state index contributed by atoms with van der Waals surface area (Å²) in [5.74, 6) is -0.361. The molecule has 0 unspecified atom stereocenters. The van der Waals surface area contributed by atoms with Crippen molar-refractivity contribution in [3.8, 4) is 5.75 Å². The lowest BCUT2D eigenvalue weighted by Gasteiger charge is -2.11. The molecule has 0 spiro atoms. The first-order valence-corrected chi connectivity index (χ1v) is 6.85. The summed E-state index contributed by atoms with van der Waals surface area (Å²) in [5.41, 5.74) is 5.93. The third-order valence-corrected chi connectivity index (χ3v) is 3.37. The van der Waals surface area contributed by atoms with Crippen molar-refractivity contribution in [1.82, 2.24) is 0 Å². The van der Waals surface area contributed by atoms with Crippen molar-refractivity contribution < 1.29 is 14.1 Å². The molecule has 0 amide bonds. The summed E-state index contributed by atoms with van der Waals surface area (Å²) >= 11 is 3.32. The molecule has 0 bridgehead atoms. The molecule has 0 aliphatic carbocycles. The Labute approximate surface area is 128 Å². The first kappa shape index (κ1) is 15.4. The Bertz CT molecular complexity index is 679. The number of nitro groups is 1. The van der Waals surface area contributed by atoms with Gasteiger partial charge in [-0.1, -0.05) is 28.1 Å². The molecular weight excluding hydrogens is 343 g/mol. The van der Waals surface area contributed by atoms with Gasteiger partial charge in [0.25, 0.3) is 0 Å². The molecule has 7 heteroatoms. The Morgan fingerprint density at radius 3 is 2.71 bits per heavy atom. The quantitative estimate of drug-likeness (QED) is 0.657. The zero-order chi connectivity index (χ0) is 15.4. The van der Waals surface area contributed by atoms with Gasteiger partial charge in [0.1, 0.15) is 12.4 Å². The van der Waals surface area contributed by atoms with Crippen LogP contribution in [0.25, 0.3) is 0 Å². The molecule has 5 nitrogen and oxygen atoms in total. The van der Waals surface area contributed by atoms with Gasteiger partial charge in [0.15, 0.2) is 0 Å². The molecule has 0 fully saturated rings. The summed E-state index contributed by atoms with van der Waals surface area (Å²) in [4.78, 5) is 9.93. The van der Waals surface area contributed by atoms with Gasteiger partial charge in [0.05, 0.1) is 4.92 Å². The van der Waals surface area contributed by atoms with E-state index in [1.165, 1.54) is 12.1 Å². The highest BCUT2D eigenvalue weighted by Crippen LogP contribution is 2.25. The summed E-state index contributed by atoms with van der Waals surface area (Å²) in [6, 6.07) is 9.28. The summed E-state index contributed by atoms with van der Waals surface area (Å²) in [6.07, 6.45) is 0. The van der Waals surface area contributed by atoms with Crippen LogP contribution in [-0.4, -0.2) is 4.92 Å². The van der Waals surface area contributed by atoms with Gasteiger partial charge in [0, 0.05) is 28.2 Å². The molecule has 0 saturated heterocycles. The SMILES string of the molecule is NCc1cc(Br)ccc1OCc1cccc([N+](=O)[O-])c1F. The van der Waals surface area contributed by atoms with Gasteiger partial charge < -0.3 is 10.5 Å². The number of hydrogen-bond donors (Lipinski definition) is 1. The van der Waals surface area contributed by atoms with E-state index in [1.807, 2.05) is 0 Å². The van der Waals surface area contributed by atoms with Gasteiger partial charge in [-0.15, -0.1) is 0 Å². The summed E-state index contributed by atoms with van der Waals surface area (Å²) < 4.78 is 20.3. The van der Waals surface area contributed by atoms with Crippen LogP contribution in [0.3, 0.4) is 0 Å². The van der Waals surface area contributed by atoms with E-state index in [0.717, 1.165) is 16.1 Å². The second kappa shape index (κ2) is 6.64. The van der Waals surface area contributed by atoms with Crippen molar-refractivity contribution in [2.24, 2.45) is 5.73 Å². The van der Waals surface area contributed by atoms with Crippen LogP contribution in [0.5, 0.6) is 5.75 Å². The minimum Gasteiger partial charge on any atom is -0.488 e. The smallest absolute Gasteiger partial charge is 0.305 e. The Hall–Kier alpha value is -1.99. The largest absolute Gasteiger partial charge is 0.488 e. The normalized spacial score (nSPS) is 10.4. The second-order valence-electron chi connectivity index (χ2n) is 4.25. The van der Waals surface area contributed by atoms with E-state index < -0.39 is 16.4 Å². The Balaban J connectivity index is 2.21. The molecule has 0 atom stereocenters. The molecule has 2 N–H and O–H groups in total. The van der Waals surface area contributed by atoms with Crippen LogP contribution >= 0.6 is 15.9 Å². The van der Waals surface area contributed by atoms with Crippen molar-refractivity contribution in [3.63, 3.8) is 0 Å². The molecule has 0 aliphatic heterocycles. The topological polar surface area (TPSA) is 78.4 Å². The molecule has 2 aromatic carbocycles. The van der Waals surface area contributed by atoms with Gasteiger partial charge in [-0.2, -0.15) is 4.39 Å². The van der Waals surface area contributed by atoms with Crippen LogP contribution in [0, 0.1) is 15.9 Å². The number of halogens is 2. The van der Waals surface area contributed by atoms with Gasteiger partial charge in [-0.05, 0) is 18.2 Å². The number of nitrogens with zero attached hydrogens (tertiary/aromatic N) is 1. The fraction of sp³-hybridized carbons (Fsp3) is 0.143. The molecule has 0 aliphatic rings. The van der Waals surface area contributed by atoms with Gasteiger partial charge >= 0.3 is 5.69 Å². The number of nitrogens with two attached hydrogens (primary N) is 1. The van der Waals surface area contributed by atoms with Crippen LogP contribution in [0.4, 0.5) is 10.1 Å². The molecular formula is C14H12BrFN2O3. The first-order valence-electron chi connectivity index (χ1n) is 6.06. The average Bonchev–Trinajstić information content (AvgIpc) is 2.46. The molecule has 0 heterocycles. The molecule has 21 heavy (non-hydrogen) atoms. The minimum absolute atomic E-state index is 0.109. The third kappa shape index (κ3) is 3.56. The van der Waals surface area contributed by atoms with E-state index in [4.69, 9.17) is 10.5 Å². The number of hydrogen-bond acceptors (Lipinski definition) is 4. The summed E-state index contributed by atoms with van der Waals surface area (Å²) in [6.45, 7) is 0.161. The van der Waals surface area contributed by atoms with E-state index in [1.54, 1.807) is 18.2 Å². The van der Waals surface area contributed by atoms with E-state index >= 15 is 0 Å². The maximum Gasteiger partial charge on any atom is 0.305 e. The number of benzene rings is 2. The van der Waals surface area contributed by atoms with Crippen molar-refractivity contribution in [2.75, 3.05) is 0 Å². The highest BCUT2D eigenvalue weighted by atomic mass is 79.9. The van der Waals surface area contributed by atoms with E-state index in [2.05, 4.69) is 15.9 Å². The van der Waals surface area contributed by atoms with Crippen LogP contribution < -0.4 is 10.5 Å². The number of nitro benzene ring substituents is 1. The lowest BCUT2D eigenvalue weighted by atomic mass is 10.2. The lowest BCUT2D eigenvalue weighted by molar-refractivity contribution is -0.387. The summed E-state index contributed by atoms with van der Waals surface area (Å²) in [5, 5.41) is 10.7. The van der Waals surface area contributed by atoms with Gasteiger partial charge in [0.2, 0.25) is 5.82 Å². The van der Waals surface area contributed by atoms with Crippen LogP contribution in [0.2, 0.25) is 0 Å². The Kier molecular flexibility index (Phi) is 4.87. The first-order chi connectivity index (χ1) is 10.0. The maximum absolute atomic E-state index is 13.9. The third-order valence-electron chi connectivity index (χ3n) is 2.88. The van der Waals surface area contributed by atoms with Crippen LogP contribution in [0.15, 0.2) is 40.9 Å². The molecule has 0 aromatic heterocycles. The van der Waals surface area contributed by atoms with Crippen LogP contribution in [0.1, 0.15) is 11.1 Å². The van der Waals surface area contributed by atoms with E-state index in [-0.39, 0.29) is 18.7 Å². The predicted molar refractivity (Wildman–Crippen MR) is 79.4 cm³/mol. The van der Waals surface area contributed by atoms with E-state index in [0.29, 0.717) is 5.75 Å². The molecule has 2 aromatic rings. The van der Waals surface area contributed by atoms with Crippen LogP contribution in [-0.2, 0) is 13.2 Å².